The molecule has 0 aliphatic carbocycles. The summed E-state index contributed by atoms with van der Waals surface area (Å²) in [5, 5.41) is 9.40. The van der Waals surface area contributed by atoms with Crippen LogP contribution in [-0.2, 0) is 6.18 Å². The molecule has 1 nitrogen and oxygen atoms in total. The lowest BCUT2D eigenvalue weighted by atomic mass is 10.1. The number of halogens is 7. The van der Waals surface area contributed by atoms with Crippen LogP contribution in [0.4, 0.5) is 17.6 Å². The summed E-state index contributed by atoms with van der Waals surface area (Å²) in [5.74, 6) is -1.03. The van der Waals surface area contributed by atoms with Crippen LogP contribution in [0, 0.1) is 5.82 Å². The normalized spacial score (nSPS) is 14.2. The van der Waals surface area contributed by atoms with Crippen molar-refractivity contribution in [1.29, 1.82) is 0 Å². The minimum atomic E-state index is -4.65. The van der Waals surface area contributed by atoms with Gasteiger partial charge in [0.2, 0.25) is 0 Å². The van der Waals surface area contributed by atoms with Crippen molar-refractivity contribution in [2.75, 3.05) is 0 Å². The molecule has 17 heavy (non-hydrogen) atoms. The highest BCUT2D eigenvalue weighted by Gasteiger charge is 2.33. The molecule has 1 aromatic rings. The molecule has 0 saturated carbocycles. The van der Waals surface area contributed by atoms with Crippen LogP contribution < -0.4 is 0 Å². The van der Waals surface area contributed by atoms with Crippen molar-refractivity contribution in [3.63, 3.8) is 0 Å². The first-order valence-corrected chi connectivity index (χ1v) is 5.83. The van der Waals surface area contributed by atoms with Crippen LogP contribution >= 0.6 is 39.1 Å². The molecule has 1 rings (SSSR count). The predicted octanol–water partition coefficient (Wildman–Crippen LogP) is 4.44. The first-order valence-electron chi connectivity index (χ1n) is 4.17. The second kappa shape index (κ2) is 5.30. The minimum absolute atomic E-state index is 0.421. The fourth-order valence-corrected chi connectivity index (χ4v) is 1.87. The maximum atomic E-state index is 13.5. The number of aliphatic hydroxyl groups is 1. The molecule has 0 spiro atoms. The summed E-state index contributed by atoms with van der Waals surface area (Å²) in [6, 6.07) is 1.05. The van der Waals surface area contributed by atoms with Gasteiger partial charge in [0, 0.05) is 5.56 Å². The van der Waals surface area contributed by atoms with Crippen molar-refractivity contribution >= 4 is 39.1 Å². The van der Waals surface area contributed by atoms with Crippen molar-refractivity contribution in [3.8, 4) is 0 Å². The van der Waals surface area contributed by atoms with Gasteiger partial charge in [-0.15, -0.1) is 23.2 Å². The van der Waals surface area contributed by atoms with Crippen LogP contribution in [0.15, 0.2) is 16.6 Å². The third-order valence-corrected chi connectivity index (χ3v) is 3.00. The molecule has 0 aliphatic heterocycles. The van der Waals surface area contributed by atoms with Gasteiger partial charge in [0.15, 0.2) is 0 Å². The van der Waals surface area contributed by atoms with Crippen LogP contribution in [0.25, 0.3) is 0 Å². The Morgan fingerprint density at radius 3 is 2.18 bits per heavy atom. The maximum absolute atomic E-state index is 13.5. The Hall–Kier alpha value is -0.0400. The smallest absolute Gasteiger partial charge is 0.385 e. The van der Waals surface area contributed by atoms with Gasteiger partial charge < -0.3 is 5.11 Å². The van der Waals surface area contributed by atoms with Crippen LogP contribution in [0.5, 0.6) is 0 Å². The van der Waals surface area contributed by atoms with E-state index in [1.165, 1.54) is 0 Å². The molecule has 0 heterocycles. The van der Waals surface area contributed by atoms with Crippen molar-refractivity contribution in [2.24, 2.45) is 0 Å². The highest BCUT2D eigenvalue weighted by Crippen LogP contribution is 2.37. The van der Waals surface area contributed by atoms with Crippen LogP contribution in [0.2, 0.25) is 0 Å². The lowest BCUT2D eigenvalue weighted by Gasteiger charge is -2.16. The molecule has 8 heteroatoms. The van der Waals surface area contributed by atoms with Gasteiger partial charge in [-0.2, -0.15) is 13.2 Å². The molecule has 0 amide bonds. The number of benzene rings is 1. The topological polar surface area (TPSA) is 20.2 Å². The second-order valence-electron chi connectivity index (χ2n) is 3.14. The van der Waals surface area contributed by atoms with Crippen LogP contribution in [0.1, 0.15) is 17.2 Å². The van der Waals surface area contributed by atoms with Gasteiger partial charge in [0.25, 0.3) is 0 Å². The molecule has 0 radical (unpaired) electrons. The maximum Gasteiger partial charge on any atom is 0.416 e. The standard InChI is InChI=1S/C9H5BrCl2F4O/c10-5-2-3(9(14,15)16)1-4(6(5)13)7(17)8(11)12/h1-2,7-8,17H. The van der Waals surface area contributed by atoms with E-state index in [9.17, 15) is 22.7 Å². The monoisotopic (exact) mass is 354 g/mol. The second-order valence-corrected chi connectivity index (χ2v) is 5.16. The van der Waals surface area contributed by atoms with Gasteiger partial charge in [-0.05, 0) is 28.1 Å². The Bertz CT molecular complexity index is 422. The van der Waals surface area contributed by atoms with Gasteiger partial charge in [-0.1, -0.05) is 0 Å². The lowest BCUT2D eigenvalue weighted by Crippen LogP contribution is -2.12. The summed E-state index contributed by atoms with van der Waals surface area (Å²) in [6.07, 6.45) is -6.39. The van der Waals surface area contributed by atoms with E-state index in [0.717, 1.165) is 0 Å². The summed E-state index contributed by atoms with van der Waals surface area (Å²) in [7, 11) is 0. The van der Waals surface area contributed by atoms with Gasteiger partial charge in [0.05, 0.1) is 10.0 Å². The van der Waals surface area contributed by atoms with Gasteiger partial charge in [-0.3, -0.25) is 0 Å². The number of hydrogen-bond donors (Lipinski definition) is 1. The third kappa shape index (κ3) is 3.47. The van der Waals surface area contributed by atoms with E-state index >= 15 is 0 Å². The Kier molecular flexibility index (Phi) is 4.68. The van der Waals surface area contributed by atoms with Gasteiger partial charge in [-0.25, -0.2) is 4.39 Å². The van der Waals surface area contributed by atoms with Crippen molar-refractivity contribution in [1.82, 2.24) is 0 Å². The van der Waals surface area contributed by atoms with Crippen molar-refractivity contribution in [2.45, 2.75) is 17.1 Å². The fraction of sp³-hybridized carbons (Fsp3) is 0.333. The summed E-state index contributed by atoms with van der Waals surface area (Å²) in [6.45, 7) is 0. The number of aliphatic hydroxyl groups excluding tert-OH is 1. The van der Waals surface area contributed by atoms with E-state index < -0.39 is 38.5 Å². The fourth-order valence-electron chi connectivity index (χ4n) is 1.12. The Labute approximate surface area is 112 Å². The average Bonchev–Trinajstić information content (AvgIpc) is 2.19. The van der Waals surface area contributed by atoms with Crippen LogP contribution in [0.3, 0.4) is 0 Å². The highest BCUT2D eigenvalue weighted by molar-refractivity contribution is 9.10. The largest absolute Gasteiger partial charge is 0.416 e. The molecular weight excluding hydrogens is 351 g/mol. The quantitative estimate of drug-likeness (QED) is 0.614. The molecule has 1 aromatic carbocycles. The summed E-state index contributed by atoms with van der Waals surface area (Å²) in [5.41, 5.74) is -1.71. The molecule has 0 saturated heterocycles. The molecule has 0 aromatic heterocycles. The zero-order valence-corrected chi connectivity index (χ0v) is 11.0. The lowest BCUT2D eigenvalue weighted by molar-refractivity contribution is -0.137. The minimum Gasteiger partial charge on any atom is -0.385 e. The van der Waals surface area contributed by atoms with Gasteiger partial charge >= 0.3 is 6.18 Å². The Balaban J connectivity index is 3.35. The highest BCUT2D eigenvalue weighted by atomic mass is 79.9. The summed E-state index contributed by atoms with van der Waals surface area (Å²) >= 11 is 13.2. The first-order chi connectivity index (χ1) is 7.64. The van der Waals surface area contributed by atoms with E-state index in [-0.39, 0.29) is 0 Å². The van der Waals surface area contributed by atoms with E-state index in [1.54, 1.807) is 0 Å². The number of hydrogen-bond acceptors (Lipinski definition) is 1. The van der Waals surface area contributed by atoms with E-state index in [1.807, 2.05) is 0 Å². The van der Waals surface area contributed by atoms with Crippen molar-refractivity contribution in [3.05, 3.63) is 33.5 Å². The van der Waals surface area contributed by atoms with E-state index in [2.05, 4.69) is 15.9 Å². The molecular formula is C9H5BrCl2F4O. The average molecular weight is 356 g/mol. The first kappa shape index (κ1) is 15.0. The van der Waals surface area contributed by atoms with Crippen LogP contribution in [-0.4, -0.2) is 9.94 Å². The van der Waals surface area contributed by atoms with E-state index in [0.29, 0.717) is 12.1 Å². The zero-order chi connectivity index (χ0) is 13.4. The number of rotatable bonds is 2. The van der Waals surface area contributed by atoms with Crippen molar-refractivity contribution < 1.29 is 22.7 Å². The number of alkyl halides is 5. The predicted molar refractivity (Wildman–Crippen MR) is 59.6 cm³/mol. The molecule has 1 unspecified atom stereocenters. The molecule has 96 valence electrons. The van der Waals surface area contributed by atoms with E-state index in [4.69, 9.17) is 23.2 Å². The molecule has 0 fully saturated rings. The zero-order valence-electron chi connectivity index (χ0n) is 7.90. The summed E-state index contributed by atoms with van der Waals surface area (Å²) in [4.78, 5) is -1.43. The molecule has 0 aliphatic rings. The Morgan fingerprint density at radius 2 is 1.76 bits per heavy atom. The molecule has 0 bridgehead atoms. The SMILES string of the molecule is OC(c1cc(C(F)(F)F)cc(Br)c1F)C(Cl)Cl. The Morgan fingerprint density at radius 1 is 1.24 bits per heavy atom. The molecule has 1 atom stereocenters. The van der Waals surface area contributed by atoms with Gasteiger partial charge in [0.1, 0.15) is 16.8 Å². The summed E-state index contributed by atoms with van der Waals surface area (Å²) < 4.78 is 50.4. The third-order valence-electron chi connectivity index (χ3n) is 1.94. The molecule has 1 N–H and O–H groups in total.